The van der Waals surface area contributed by atoms with Crippen molar-refractivity contribution in [3.63, 3.8) is 0 Å². The van der Waals surface area contributed by atoms with Crippen molar-refractivity contribution in [2.75, 3.05) is 0 Å². The summed E-state index contributed by atoms with van der Waals surface area (Å²) >= 11 is 0. The first-order chi connectivity index (χ1) is 17.5. The summed E-state index contributed by atoms with van der Waals surface area (Å²) < 4.78 is 12.1. The van der Waals surface area contributed by atoms with E-state index < -0.39 is 17.3 Å². The highest BCUT2D eigenvalue weighted by Crippen LogP contribution is 2.51. The minimum Gasteiger partial charge on any atom is -0.508 e. The lowest BCUT2D eigenvalue weighted by Gasteiger charge is -2.28. The van der Waals surface area contributed by atoms with Crippen molar-refractivity contribution >= 4 is 11.0 Å². The third-order valence-corrected chi connectivity index (χ3v) is 6.34. The minimum absolute atomic E-state index is 0.0268. The van der Waals surface area contributed by atoms with Crippen molar-refractivity contribution in [3.8, 4) is 40.1 Å². The molecule has 2 heterocycles. The third kappa shape index (κ3) is 5.07. The van der Waals surface area contributed by atoms with Crippen molar-refractivity contribution in [1.82, 2.24) is 0 Å². The zero-order chi connectivity index (χ0) is 27.0. The summed E-state index contributed by atoms with van der Waals surface area (Å²) in [7, 11) is 0. The first kappa shape index (κ1) is 25.9. The number of allylic oxidation sites excluding steroid dienone is 5. The highest BCUT2D eigenvalue weighted by molar-refractivity contribution is 5.89. The summed E-state index contributed by atoms with van der Waals surface area (Å²) in [5.74, 6) is -1.36. The molecular weight excluding hydrogens is 472 g/mol. The van der Waals surface area contributed by atoms with Gasteiger partial charge in [-0.1, -0.05) is 28.9 Å². The van der Waals surface area contributed by atoms with Crippen LogP contribution in [0.4, 0.5) is 0 Å². The molecule has 3 aromatic rings. The van der Waals surface area contributed by atoms with E-state index in [-0.39, 0.29) is 45.3 Å². The Kier molecular flexibility index (Phi) is 7.07. The number of fused-ring (bicyclic) bond motifs is 4. The highest BCUT2D eigenvalue weighted by atomic mass is 16.5. The van der Waals surface area contributed by atoms with Gasteiger partial charge in [-0.25, -0.2) is 0 Å². The number of rotatable bonds is 6. The maximum absolute atomic E-state index is 13.5. The number of benzene rings is 2. The quantitative estimate of drug-likeness (QED) is 0.212. The van der Waals surface area contributed by atoms with Crippen molar-refractivity contribution in [2.45, 2.75) is 60.0 Å². The fourth-order valence-corrected chi connectivity index (χ4v) is 4.46. The van der Waals surface area contributed by atoms with Crippen LogP contribution in [0.1, 0.15) is 64.7 Å². The summed E-state index contributed by atoms with van der Waals surface area (Å²) in [4.78, 5) is 13.5. The van der Waals surface area contributed by atoms with Crippen LogP contribution in [-0.2, 0) is 6.42 Å². The van der Waals surface area contributed by atoms with Gasteiger partial charge in [-0.2, -0.15) is 0 Å². The molecule has 0 bridgehead atoms. The van der Waals surface area contributed by atoms with E-state index in [0.29, 0.717) is 17.5 Å². The van der Waals surface area contributed by atoms with Crippen LogP contribution < -0.4 is 10.2 Å². The van der Waals surface area contributed by atoms with E-state index in [1.807, 2.05) is 46.8 Å². The fourth-order valence-electron chi connectivity index (χ4n) is 4.46. The molecule has 0 radical (unpaired) electrons. The van der Waals surface area contributed by atoms with Crippen LogP contribution in [-0.4, -0.2) is 20.4 Å². The molecule has 2 aromatic carbocycles. The number of ether oxygens (including phenoxy) is 1. The van der Waals surface area contributed by atoms with E-state index in [1.165, 1.54) is 11.6 Å². The van der Waals surface area contributed by atoms with Gasteiger partial charge < -0.3 is 29.6 Å². The second kappa shape index (κ2) is 10.1. The van der Waals surface area contributed by atoms with Gasteiger partial charge in [0.25, 0.3) is 0 Å². The van der Waals surface area contributed by atoms with E-state index in [2.05, 4.69) is 6.08 Å². The number of phenolic OH excluding ortho intramolecular Hbond substituents is 4. The van der Waals surface area contributed by atoms with Crippen LogP contribution in [0.5, 0.6) is 28.7 Å². The molecule has 0 aliphatic carbocycles. The molecule has 7 nitrogen and oxygen atoms in total. The average molecular weight is 505 g/mol. The average Bonchev–Trinajstić information content (AvgIpc) is 2.80. The predicted molar refractivity (Wildman–Crippen MR) is 144 cm³/mol. The maximum Gasteiger partial charge on any atom is 0.239 e. The predicted octanol–water partition coefficient (Wildman–Crippen LogP) is 6.92. The van der Waals surface area contributed by atoms with E-state index in [0.717, 1.165) is 30.1 Å². The Bertz CT molecular complexity index is 1530. The van der Waals surface area contributed by atoms with Gasteiger partial charge in [-0.15, -0.1) is 0 Å². The third-order valence-electron chi connectivity index (χ3n) is 6.34. The van der Waals surface area contributed by atoms with Gasteiger partial charge in [0.15, 0.2) is 17.3 Å². The normalized spacial score (nSPS) is 14.5. The molecule has 7 heteroatoms. The second-order valence-corrected chi connectivity index (χ2v) is 9.98. The molecule has 0 spiro atoms. The summed E-state index contributed by atoms with van der Waals surface area (Å²) in [5.41, 5.74) is 3.73. The van der Waals surface area contributed by atoms with Crippen molar-refractivity contribution in [3.05, 3.63) is 74.5 Å². The zero-order valence-electron chi connectivity index (χ0n) is 21.7. The topological polar surface area (TPSA) is 120 Å². The summed E-state index contributed by atoms with van der Waals surface area (Å²) in [6.45, 7) is 9.86. The molecule has 0 saturated carbocycles. The second-order valence-electron chi connectivity index (χ2n) is 9.98. The van der Waals surface area contributed by atoms with Gasteiger partial charge in [-0.05, 0) is 66.0 Å². The lowest BCUT2D eigenvalue weighted by atomic mass is 9.90. The molecule has 194 valence electrons. The fraction of sp³-hybridized carbons (Fsp3) is 0.300. The number of hydrogen-bond acceptors (Lipinski definition) is 7. The van der Waals surface area contributed by atoms with Crippen molar-refractivity contribution in [1.29, 1.82) is 0 Å². The van der Waals surface area contributed by atoms with Gasteiger partial charge in [0, 0.05) is 23.3 Å². The van der Waals surface area contributed by atoms with Gasteiger partial charge in [0.2, 0.25) is 11.2 Å². The summed E-state index contributed by atoms with van der Waals surface area (Å²) in [6.07, 6.45) is 6.90. The highest BCUT2D eigenvalue weighted by Gasteiger charge is 2.35. The molecule has 0 amide bonds. The molecule has 1 atom stereocenters. The number of hydrogen-bond donors (Lipinski definition) is 4. The van der Waals surface area contributed by atoms with Crippen LogP contribution in [0.3, 0.4) is 0 Å². The van der Waals surface area contributed by atoms with Gasteiger partial charge >= 0.3 is 0 Å². The summed E-state index contributed by atoms with van der Waals surface area (Å²) in [6, 6.07) is 3.98. The Morgan fingerprint density at radius 1 is 0.946 bits per heavy atom. The molecule has 37 heavy (non-hydrogen) atoms. The molecule has 1 aliphatic rings. The molecular formula is C30H32O7. The number of aromatic hydroxyl groups is 4. The smallest absolute Gasteiger partial charge is 0.239 e. The van der Waals surface area contributed by atoms with E-state index >= 15 is 0 Å². The lowest BCUT2D eigenvalue weighted by molar-refractivity contribution is 0.233. The maximum atomic E-state index is 13.5. The zero-order valence-corrected chi connectivity index (χ0v) is 21.7. The van der Waals surface area contributed by atoms with Crippen LogP contribution in [0, 0.1) is 0 Å². The van der Waals surface area contributed by atoms with E-state index in [1.54, 1.807) is 6.07 Å². The number of phenols is 4. The Morgan fingerprint density at radius 2 is 1.65 bits per heavy atom. The molecule has 0 saturated heterocycles. The minimum atomic E-state index is -0.878. The van der Waals surface area contributed by atoms with Crippen LogP contribution in [0.15, 0.2) is 62.4 Å². The lowest BCUT2D eigenvalue weighted by Crippen LogP contribution is -2.19. The molecule has 1 aromatic heterocycles. The van der Waals surface area contributed by atoms with Crippen LogP contribution in [0.25, 0.3) is 22.3 Å². The van der Waals surface area contributed by atoms with Crippen molar-refractivity contribution in [2.24, 2.45) is 0 Å². The first-order valence-corrected chi connectivity index (χ1v) is 12.2. The van der Waals surface area contributed by atoms with Crippen LogP contribution >= 0.6 is 0 Å². The Hall–Kier alpha value is -4.13. The van der Waals surface area contributed by atoms with E-state index in [4.69, 9.17) is 9.15 Å². The Labute approximate surface area is 215 Å². The molecule has 4 rings (SSSR count). The van der Waals surface area contributed by atoms with Crippen molar-refractivity contribution < 1.29 is 29.6 Å². The Morgan fingerprint density at radius 3 is 2.32 bits per heavy atom. The first-order valence-electron chi connectivity index (χ1n) is 12.2. The SMILES string of the molecule is CC(C)=CCC/C(C)=C/[C@@H]1Oc2c(oc3cc(O)cc(O)c3c2=O)-c2cc(CC=C(C)C)c(O)c(O)c21. The standard InChI is InChI=1S/C30H32O7/c1-15(2)7-6-8-17(5)11-22-24-20(12-18(10-9-16(3)4)26(33)27(24)34)29-30(37-22)28(35)25-21(32)13-19(31)14-23(25)36-29/h7,9,11-14,22,31-34H,6,8,10H2,1-5H3/b17-11+/t22-/m0/s1. The van der Waals surface area contributed by atoms with Gasteiger partial charge in [-0.3, -0.25) is 4.79 Å². The molecule has 0 fully saturated rings. The molecule has 0 unspecified atom stereocenters. The Balaban J connectivity index is 1.97. The summed E-state index contributed by atoms with van der Waals surface area (Å²) in [5, 5.41) is 42.2. The molecule has 4 N–H and O–H groups in total. The monoisotopic (exact) mass is 504 g/mol. The largest absolute Gasteiger partial charge is 0.508 e. The van der Waals surface area contributed by atoms with Gasteiger partial charge in [0.05, 0.1) is 5.56 Å². The molecule has 1 aliphatic heterocycles. The van der Waals surface area contributed by atoms with E-state index in [9.17, 15) is 25.2 Å². The van der Waals surface area contributed by atoms with Gasteiger partial charge in [0.1, 0.15) is 28.6 Å². The van der Waals surface area contributed by atoms with Crippen LogP contribution in [0.2, 0.25) is 0 Å².